The van der Waals surface area contributed by atoms with Gasteiger partial charge in [0.15, 0.2) is 5.96 Å². The number of rotatable bonds is 5. The first-order valence-electron chi connectivity index (χ1n) is 10.9. The summed E-state index contributed by atoms with van der Waals surface area (Å²) in [5, 5.41) is 6.37. The average molecular weight is 512 g/mol. The number of likely N-dealkylation sites (tertiary alicyclic amines) is 1. The Kier molecular flexibility index (Phi) is 10.2. The van der Waals surface area contributed by atoms with Crippen molar-refractivity contribution in [1.82, 2.24) is 15.5 Å². The molecular weight excluding hydrogens is 475 g/mol. The van der Waals surface area contributed by atoms with Gasteiger partial charge in [-0.05, 0) is 61.8 Å². The first-order chi connectivity index (χ1) is 13.7. The van der Waals surface area contributed by atoms with Gasteiger partial charge in [0.25, 0.3) is 0 Å². The van der Waals surface area contributed by atoms with E-state index in [-0.39, 0.29) is 29.9 Å². The van der Waals surface area contributed by atoms with Gasteiger partial charge in [-0.25, -0.2) is 0 Å². The van der Waals surface area contributed by atoms with E-state index in [0.717, 1.165) is 50.3 Å². The van der Waals surface area contributed by atoms with Crippen LogP contribution in [0.5, 0.6) is 0 Å². The standard InChI is InChI=1S/C23H36N4O.HI/c1-24-22(28)16-18-12-14-27(15-13-18)23(25-2)26-17-19-8-10-21(11-9-19)20-6-4-3-5-7-20;/h3-7,18-19,21H,8-17H2,1-2H3,(H,24,28)(H,25,26);1H. The topological polar surface area (TPSA) is 56.7 Å². The molecule has 29 heavy (non-hydrogen) atoms. The van der Waals surface area contributed by atoms with Gasteiger partial charge in [-0.1, -0.05) is 30.3 Å². The monoisotopic (exact) mass is 512 g/mol. The van der Waals surface area contributed by atoms with E-state index in [4.69, 9.17) is 0 Å². The van der Waals surface area contributed by atoms with Crippen LogP contribution in [-0.4, -0.2) is 50.5 Å². The molecule has 1 amide bonds. The Morgan fingerprint density at radius 1 is 1.03 bits per heavy atom. The summed E-state index contributed by atoms with van der Waals surface area (Å²) in [5.41, 5.74) is 1.50. The Labute approximate surface area is 193 Å². The molecule has 0 radical (unpaired) electrons. The van der Waals surface area contributed by atoms with Gasteiger partial charge in [-0.3, -0.25) is 9.79 Å². The molecular formula is C23H37IN4O. The number of piperidine rings is 1. The summed E-state index contributed by atoms with van der Waals surface area (Å²) in [6, 6.07) is 11.0. The summed E-state index contributed by atoms with van der Waals surface area (Å²) in [6.07, 6.45) is 7.95. The highest BCUT2D eigenvalue weighted by Gasteiger charge is 2.25. The van der Waals surface area contributed by atoms with Crippen molar-refractivity contribution in [1.29, 1.82) is 0 Å². The van der Waals surface area contributed by atoms with E-state index < -0.39 is 0 Å². The highest BCUT2D eigenvalue weighted by atomic mass is 127. The Morgan fingerprint density at radius 2 is 1.69 bits per heavy atom. The maximum Gasteiger partial charge on any atom is 0.220 e. The van der Waals surface area contributed by atoms with Crippen LogP contribution in [0.4, 0.5) is 0 Å². The molecule has 3 rings (SSSR count). The lowest BCUT2D eigenvalue weighted by Gasteiger charge is -2.35. The maximum absolute atomic E-state index is 11.6. The number of hydrogen-bond acceptors (Lipinski definition) is 2. The van der Waals surface area contributed by atoms with Gasteiger partial charge in [0.2, 0.25) is 5.91 Å². The molecule has 1 saturated heterocycles. The summed E-state index contributed by atoms with van der Waals surface area (Å²) < 4.78 is 0. The lowest BCUT2D eigenvalue weighted by Crippen LogP contribution is -2.47. The van der Waals surface area contributed by atoms with Gasteiger partial charge in [0.1, 0.15) is 0 Å². The second-order valence-corrected chi connectivity index (χ2v) is 8.36. The minimum atomic E-state index is 0. The summed E-state index contributed by atoms with van der Waals surface area (Å²) >= 11 is 0. The maximum atomic E-state index is 11.6. The zero-order chi connectivity index (χ0) is 19.8. The Morgan fingerprint density at radius 3 is 2.28 bits per heavy atom. The van der Waals surface area contributed by atoms with E-state index in [2.05, 4.69) is 50.9 Å². The molecule has 1 aromatic carbocycles. The minimum absolute atomic E-state index is 0. The molecule has 1 heterocycles. The molecule has 1 aromatic rings. The van der Waals surface area contributed by atoms with Crippen LogP contribution in [0.15, 0.2) is 35.3 Å². The molecule has 1 aliphatic heterocycles. The molecule has 0 atom stereocenters. The van der Waals surface area contributed by atoms with E-state index in [0.29, 0.717) is 12.3 Å². The van der Waals surface area contributed by atoms with Crippen LogP contribution < -0.4 is 10.6 Å². The van der Waals surface area contributed by atoms with Crippen molar-refractivity contribution < 1.29 is 4.79 Å². The molecule has 5 nitrogen and oxygen atoms in total. The molecule has 1 saturated carbocycles. The Hall–Kier alpha value is -1.31. The molecule has 0 aromatic heterocycles. The highest BCUT2D eigenvalue weighted by Crippen LogP contribution is 2.35. The Balaban J connectivity index is 0.00000300. The fourth-order valence-electron chi connectivity index (χ4n) is 4.71. The molecule has 1 aliphatic carbocycles. The minimum Gasteiger partial charge on any atom is -0.359 e. The van der Waals surface area contributed by atoms with Gasteiger partial charge >= 0.3 is 0 Å². The number of nitrogens with zero attached hydrogens (tertiary/aromatic N) is 2. The zero-order valence-electron chi connectivity index (χ0n) is 17.9. The van der Waals surface area contributed by atoms with Gasteiger partial charge in [0.05, 0.1) is 0 Å². The van der Waals surface area contributed by atoms with E-state index in [9.17, 15) is 4.79 Å². The van der Waals surface area contributed by atoms with Gasteiger partial charge in [-0.2, -0.15) is 0 Å². The smallest absolute Gasteiger partial charge is 0.220 e. The predicted octanol–water partition coefficient (Wildman–Crippen LogP) is 4.00. The molecule has 2 fully saturated rings. The molecule has 6 heteroatoms. The van der Waals surface area contributed by atoms with Crippen molar-refractivity contribution in [2.75, 3.05) is 33.7 Å². The van der Waals surface area contributed by atoms with E-state index in [1.165, 1.54) is 31.2 Å². The highest BCUT2D eigenvalue weighted by molar-refractivity contribution is 14.0. The Bertz CT molecular complexity index is 636. The average Bonchev–Trinajstić information content (AvgIpc) is 2.76. The number of halogens is 1. The van der Waals surface area contributed by atoms with Crippen LogP contribution in [0.2, 0.25) is 0 Å². The van der Waals surface area contributed by atoms with Crippen molar-refractivity contribution in [2.24, 2.45) is 16.8 Å². The summed E-state index contributed by atoms with van der Waals surface area (Å²) in [7, 11) is 3.60. The quantitative estimate of drug-likeness (QED) is 0.356. The van der Waals surface area contributed by atoms with Crippen molar-refractivity contribution in [3.05, 3.63) is 35.9 Å². The second kappa shape index (κ2) is 12.4. The third-order valence-corrected chi connectivity index (χ3v) is 6.55. The van der Waals surface area contributed by atoms with E-state index >= 15 is 0 Å². The second-order valence-electron chi connectivity index (χ2n) is 8.36. The fraction of sp³-hybridized carbons (Fsp3) is 0.652. The van der Waals surface area contributed by atoms with Crippen LogP contribution in [0, 0.1) is 11.8 Å². The molecule has 162 valence electrons. The number of aliphatic imine (C=N–C) groups is 1. The van der Waals surface area contributed by atoms with Gasteiger partial charge < -0.3 is 15.5 Å². The number of guanidine groups is 1. The number of hydrogen-bond donors (Lipinski definition) is 2. The number of carbonyl (C=O) groups is 1. The summed E-state index contributed by atoms with van der Waals surface area (Å²) in [4.78, 5) is 18.5. The van der Waals surface area contributed by atoms with Crippen molar-refractivity contribution in [2.45, 2.75) is 50.9 Å². The zero-order valence-corrected chi connectivity index (χ0v) is 20.2. The summed E-state index contributed by atoms with van der Waals surface area (Å²) in [5.74, 6) is 3.16. The van der Waals surface area contributed by atoms with Gasteiger partial charge in [0, 0.05) is 40.2 Å². The molecule has 0 unspecified atom stereocenters. The number of carbonyl (C=O) groups excluding carboxylic acids is 1. The SMILES string of the molecule is CN=C(NCC1CCC(c2ccccc2)CC1)N1CCC(CC(=O)NC)CC1.I. The number of nitrogens with one attached hydrogen (secondary N) is 2. The predicted molar refractivity (Wildman–Crippen MR) is 131 cm³/mol. The first kappa shape index (κ1) is 24.0. The van der Waals surface area contributed by atoms with E-state index in [1.807, 2.05) is 7.05 Å². The lowest BCUT2D eigenvalue weighted by atomic mass is 9.79. The largest absolute Gasteiger partial charge is 0.359 e. The molecule has 2 aliphatic rings. The van der Waals surface area contributed by atoms with Crippen LogP contribution in [-0.2, 0) is 4.79 Å². The van der Waals surface area contributed by atoms with Crippen LogP contribution in [0.1, 0.15) is 56.4 Å². The van der Waals surface area contributed by atoms with Crippen LogP contribution >= 0.6 is 24.0 Å². The normalized spacial score (nSPS) is 23.2. The molecule has 2 N–H and O–H groups in total. The van der Waals surface area contributed by atoms with Crippen LogP contribution in [0.3, 0.4) is 0 Å². The number of benzene rings is 1. The molecule has 0 bridgehead atoms. The number of amides is 1. The first-order valence-corrected chi connectivity index (χ1v) is 10.9. The van der Waals surface area contributed by atoms with Crippen molar-refractivity contribution >= 4 is 35.8 Å². The van der Waals surface area contributed by atoms with Crippen LogP contribution in [0.25, 0.3) is 0 Å². The molecule has 0 spiro atoms. The lowest BCUT2D eigenvalue weighted by molar-refractivity contribution is -0.121. The fourth-order valence-corrected chi connectivity index (χ4v) is 4.71. The summed E-state index contributed by atoms with van der Waals surface area (Å²) in [6.45, 7) is 3.00. The van der Waals surface area contributed by atoms with E-state index in [1.54, 1.807) is 7.05 Å². The third kappa shape index (κ3) is 7.15. The van der Waals surface area contributed by atoms with Crippen molar-refractivity contribution in [3.8, 4) is 0 Å². The van der Waals surface area contributed by atoms with Gasteiger partial charge in [-0.15, -0.1) is 24.0 Å². The third-order valence-electron chi connectivity index (χ3n) is 6.55. The van der Waals surface area contributed by atoms with Crippen molar-refractivity contribution in [3.63, 3.8) is 0 Å².